The Hall–Kier alpha value is -2.68. The number of benzene rings is 1. The first-order valence-corrected chi connectivity index (χ1v) is 7.54. The molecule has 0 spiro atoms. The van der Waals surface area contributed by atoms with Crippen molar-refractivity contribution in [2.24, 2.45) is 0 Å². The molecular formula is C12H12N6O2S. The Morgan fingerprint density at radius 1 is 1.14 bits per heavy atom. The number of hydrogen-bond donors (Lipinski definition) is 2. The average molecular weight is 304 g/mol. The summed E-state index contributed by atoms with van der Waals surface area (Å²) in [5.41, 5.74) is 0.955. The van der Waals surface area contributed by atoms with Crippen molar-refractivity contribution in [1.29, 1.82) is 0 Å². The van der Waals surface area contributed by atoms with Gasteiger partial charge in [0.2, 0.25) is 0 Å². The van der Waals surface area contributed by atoms with Crippen molar-refractivity contribution in [3.05, 3.63) is 48.7 Å². The quantitative estimate of drug-likeness (QED) is 0.751. The molecule has 0 amide bonds. The Balaban J connectivity index is 2.01. The van der Waals surface area contributed by atoms with Gasteiger partial charge in [-0.1, -0.05) is 18.2 Å². The molecule has 21 heavy (non-hydrogen) atoms. The van der Waals surface area contributed by atoms with Gasteiger partial charge in [-0.25, -0.2) is 8.42 Å². The van der Waals surface area contributed by atoms with Crippen molar-refractivity contribution in [2.75, 3.05) is 4.72 Å². The van der Waals surface area contributed by atoms with Crippen molar-refractivity contribution in [3.63, 3.8) is 0 Å². The Bertz CT molecular complexity index is 839. The van der Waals surface area contributed by atoms with Crippen LogP contribution < -0.4 is 4.72 Å². The molecule has 8 nitrogen and oxygen atoms in total. The fraction of sp³-hybridized carbons (Fsp3) is 0.0833. The highest BCUT2D eigenvalue weighted by atomic mass is 32.2. The van der Waals surface area contributed by atoms with E-state index in [9.17, 15) is 8.42 Å². The second-order valence-corrected chi connectivity index (χ2v) is 6.02. The summed E-state index contributed by atoms with van der Waals surface area (Å²) >= 11 is 0. The Morgan fingerprint density at radius 3 is 2.48 bits per heavy atom. The molecule has 0 saturated carbocycles. The van der Waals surface area contributed by atoms with Crippen molar-refractivity contribution in [1.82, 2.24) is 25.0 Å². The molecule has 0 aliphatic carbocycles. The van der Waals surface area contributed by atoms with Crippen LogP contribution >= 0.6 is 0 Å². The topological polar surface area (TPSA) is 106 Å². The van der Waals surface area contributed by atoms with E-state index in [0.29, 0.717) is 17.2 Å². The minimum absolute atomic E-state index is 0.181. The van der Waals surface area contributed by atoms with Gasteiger partial charge in [0, 0.05) is 0 Å². The summed E-state index contributed by atoms with van der Waals surface area (Å²) in [7, 11) is -3.68. The number of nitrogens with one attached hydrogen (secondary N) is 2. The lowest BCUT2D eigenvalue weighted by Gasteiger charge is -2.09. The van der Waals surface area contributed by atoms with Crippen LogP contribution in [0.1, 0.15) is 5.69 Å². The van der Waals surface area contributed by atoms with Crippen LogP contribution in [0.15, 0.2) is 47.9 Å². The van der Waals surface area contributed by atoms with Crippen LogP contribution in [-0.2, 0) is 10.0 Å². The normalized spacial score (nSPS) is 11.5. The molecule has 0 aliphatic rings. The fourth-order valence-electron chi connectivity index (χ4n) is 1.83. The highest BCUT2D eigenvalue weighted by molar-refractivity contribution is 7.92. The molecule has 0 unspecified atom stereocenters. The zero-order chi connectivity index (χ0) is 14.9. The number of nitrogens with zero attached hydrogens (tertiary/aromatic N) is 4. The number of anilines is 1. The van der Waals surface area contributed by atoms with E-state index in [1.807, 2.05) is 0 Å². The van der Waals surface area contributed by atoms with Gasteiger partial charge in [0.25, 0.3) is 10.0 Å². The number of hydrogen-bond acceptors (Lipinski definition) is 5. The van der Waals surface area contributed by atoms with E-state index in [2.05, 4.69) is 25.1 Å². The SMILES string of the molecule is Cc1[nH]nc(-n2cnnc2)c1NS(=O)(=O)c1ccccc1. The molecule has 2 N–H and O–H groups in total. The highest BCUT2D eigenvalue weighted by Crippen LogP contribution is 2.24. The maximum absolute atomic E-state index is 12.4. The van der Waals surface area contributed by atoms with E-state index in [4.69, 9.17) is 0 Å². The van der Waals surface area contributed by atoms with E-state index < -0.39 is 10.0 Å². The molecule has 2 heterocycles. The summed E-state index contributed by atoms with van der Waals surface area (Å²) in [5.74, 6) is 0.386. The molecule has 1 aromatic carbocycles. The summed E-state index contributed by atoms with van der Waals surface area (Å²) in [6.45, 7) is 1.73. The van der Waals surface area contributed by atoms with Gasteiger partial charge in [-0.3, -0.25) is 14.4 Å². The van der Waals surface area contributed by atoms with Crippen molar-refractivity contribution in [2.45, 2.75) is 11.8 Å². The highest BCUT2D eigenvalue weighted by Gasteiger charge is 2.20. The summed E-state index contributed by atoms with van der Waals surface area (Å²) in [4.78, 5) is 0.181. The van der Waals surface area contributed by atoms with Crippen molar-refractivity contribution in [3.8, 4) is 5.82 Å². The van der Waals surface area contributed by atoms with Crippen LogP contribution in [-0.4, -0.2) is 33.4 Å². The predicted molar refractivity (Wildman–Crippen MR) is 75.5 cm³/mol. The molecule has 108 valence electrons. The second kappa shape index (κ2) is 5.02. The number of rotatable bonds is 4. The third-order valence-electron chi connectivity index (χ3n) is 2.88. The third-order valence-corrected chi connectivity index (χ3v) is 4.25. The molecule has 3 rings (SSSR count). The summed E-state index contributed by atoms with van der Waals surface area (Å²) < 4.78 is 28.8. The first-order valence-electron chi connectivity index (χ1n) is 6.06. The standard InChI is InChI=1S/C12H12N6O2S/c1-9-11(12(16-15-9)18-7-13-14-8-18)17-21(19,20)10-5-3-2-4-6-10/h2-8,17H,1H3,(H,15,16). The van der Waals surface area contributed by atoms with Crippen LogP contribution in [0.3, 0.4) is 0 Å². The van der Waals surface area contributed by atoms with Gasteiger partial charge < -0.3 is 0 Å². The van der Waals surface area contributed by atoms with E-state index in [1.54, 1.807) is 25.1 Å². The Kier molecular flexibility index (Phi) is 3.18. The molecule has 0 saturated heterocycles. The fourth-order valence-corrected chi connectivity index (χ4v) is 2.97. The molecule has 0 atom stereocenters. The zero-order valence-corrected chi connectivity index (χ0v) is 11.9. The molecule has 2 aromatic heterocycles. The van der Waals surface area contributed by atoms with Crippen LogP contribution in [0.5, 0.6) is 0 Å². The van der Waals surface area contributed by atoms with E-state index in [1.165, 1.54) is 29.4 Å². The summed E-state index contributed by atoms with van der Waals surface area (Å²) in [6.07, 6.45) is 2.88. The second-order valence-electron chi connectivity index (χ2n) is 4.33. The van der Waals surface area contributed by atoms with Crippen molar-refractivity contribution >= 4 is 15.7 Å². The number of H-pyrrole nitrogens is 1. The molecule has 3 aromatic rings. The number of aromatic amines is 1. The maximum Gasteiger partial charge on any atom is 0.262 e. The molecule has 0 bridgehead atoms. The van der Waals surface area contributed by atoms with Crippen LogP contribution in [0, 0.1) is 6.92 Å². The Labute approximate surface area is 120 Å². The van der Waals surface area contributed by atoms with Gasteiger partial charge in [-0.15, -0.1) is 10.2 Å². The average Bonchev–Trinajstić information content (AvgIpc) is 3.11. The van der Waals surface area contributed by atoms with Crippen LogP contribution in [0.2, 0.25) is 0 Å². The van der Waals surface area contributed by atoms with E-state index in [0.717, 1.165) is 0 Å². The van der Waals surface area contributed by atoms with Crippen LogP contribution in [0.4, 0.5) is 5.69 Å². The first-order chi connectivity index (χ1) is 10.1. The van der Waals surface area contributed by atoms with Gasteiger partial charge in [0.1, 0.15) is 18.3 Å². The van der Waals surface area contributed by atoms with Crippen molar-refractivity contribution < 1.29 is 8.42 Å². The molecule has 0 fully saturated rings. The lowest BCUT2D eigenvalue weighted by Crippen LogP contribution is -2.14. The molecular weight excluding hydrogens is 292 g/mol. The largest absolute Gasteiger partial charge is 0.279 e. The predicted octanol–water partition coefficient (Wildman–Crippen LogP) is 1.10. The van der Waals surface area contributed by atoms with E-state index in [-0.39, 0.29) is 4.90 Å². The third kappa shape index (κ3) is 2.50. The maximum atomic E-state index is 12.4. The van der Waals surface area contributed by atoms with Gasteiger partial charge in [-0.2, -0.15) is 5.10 Å². The number of aryl methyl sites for hydroxylation is 1. The summed E-state index contributed by atoms with van der Waals surface area (Å²) in [5, 5.41) is 14.2. The lowest BCUT2D eigenvalue weighted by molar-refractivity contribution is 0.601. The monoisotopic (exact) mass is 304 g/mol. The first kappa shape index (κ1) is 13.3. The molecule has 0 radical (unpaired) electrons. The van der Waals surface area contributed by atoms with Gasteiger partial charge in [0.05, 0.1) is 10.6 Å². The van der Waals surface area contributed by atoms with E-state index >= 15 is 0 Å². The lowest BCUT2D eigenvalue weighted by atomic mass is 10.4. The smallest absolute Gasteiger partial charge is 0.262 e. The molecule has 9 heteroatoms. The van der Waals surface area contributed by atoms with Crippen LogP contribution in [0.25, 0.3) is 5.82 Å². The minimum atomic E-state index is -3.68. The molecule has 0 aliphatic heterocycles. The van der Waals surface area contributed by atoms with Gasteiger partial charge >= 0.3 is 0 Å². The van der Waals surface area contributed by atoms with Gasteiger partial charge in [-0.05, 0) is 19.1 Å². The van der Waals surface area contributed by atoms with Gasteiger partial charge in [0.15, 0.2) is 5.82 Å². The zero-order valence-electron chi connectivity index (χ0n) is 11.1. The minimum Gasteiger partial charge on any atom is -0.279 e. The number of aromatic nitrogens is 5. The summed E-state index contributed by atoms with van der Waals surface area (Å²) in [6, 6.07) is 8.13. The number of sulfonamides is 1. The Morgan fingerprint density at radius 2 is 1.81 bits per heavy atom.